The normalized spacial score (nSPS) is 22.9. The van der Waals surface area contributed by atoms with E-state index in [1.165, 1.54) is 25.9 Å². The van der Waals surface area contributed by atoms with Gasteiger partial charge in [-0.1, -0.05) is 6.92 Å². The zero-order chi connectivity index (χ0) is 8.27. The van der Waals surface area contributed by atoms with Gasteiger partial charge in [0.25, 0.3) is 0 Å². The summed E-state index contributed by atoms with van der Waals surface area (Å²) >= 11 is 0. The fourth-order valence-corrected chi connectivity index (χ4v) is 1.60. The van der Waals surface area contributed by atoms with Gasteiger partial charge in [-0.3, -0.25) is 9.80 Å². The van der Waals surface area contributed by atoms with Crippen LogP contribution in [0.5, 0.6) is 0 Å². The Bertz CT molecular complexity index is 104. The maximum Gasteiger partial charge on any atom is 0.0500 e. The molecule has 1 fully saturated rings. The number of hydrogen-bond donors (Lipinski definition) is 0. The van der Waals surface area contributed by atoms with Gasteiger partial charge in [0.2, 0.25) is 0 Å². The number of hydrogen-bond acceptors (Lipinski definition) is 2. The van der Waals surface area contributed by atoms with E-state index in [0.29, 0.717) is 0 Å². The summed E-state index contributed by atoms with van der Waals surface area (Å²) in [6.45, 7) is 6.07. The second kappa shape index (κ2) is 4.07. The van der Waals surface area contributed by atoms with Crippen LogP contribution in [0.4, 0.5) is 0 Å². The molecule has 0 atom stereocenters. The molecule has 1 aliphatic heterocycles. The molecule has 2 nitrogen and oxygen atoms in total. The standard InChI is InChI=1S/C9H20N2/c1-9-4-6-11(7-5-9)8-10(2)3/h9H,4-8H2,1-3H3. The van der Waals surface area contributed by atoms with Crippen molar-refractivity contribution in [1.29, 1.82) is 0 Å². The highest BCUT2D eigenvalue weighted by molar-refractivity contribution is 4.68. The average Bonchev–Trinajstić information content (AvgIpc) is 1.93. The summed E-state index contributed by atoms with van der Waals surface area (Å²) in [5.74, 6) is 0.952. The lowest BCUT2D eigenvalue weighted by Crippen LogP contribution is -2.39. The molecule has 0 aromatic heterocycles. The highest BCUT2D eigenvalue weighted by Gasteiger charge is 2.15. The first-order valence-electron chi connectivity index (χ1n) is 4.55. The van der Waals surface area contributed by atoms with E-state index in [9.17, 15) is 0 Å². The summed E-state index contributed by atoms with van der Waals surface area (Å²) in [7, 11) is 4.27. The summed E-state index contributed by atoms with van der Waals surface area (Å²) in [5.41, 5.74) is 0. The van der Waals surface area contributed by atoms with Crippen molar-refractivity contribution in [1.82, 2.24) is 9.80 Å². The summed E-state index contributed by atoms with van der Waals surface area (Å²) in [6.07, 6.45) is 2.77. The van der Waals surface area contributed by atoms with Crippen LogP contribution in [0.25, 0.3) is 0 Å². The molecule has 0 unspecified atom stereocenters. The van der Waals surface area contributed by atoms with Crippen molar-refractivity contribution in [3.05, 3.63) is 0 Å². The number of piperidine rings is 1. The average molecular weight is 156 g/mol. The molecule has 0 saturated carbocycles. The molecule has 0 bridgehead atoms. The first kappa shape index (κ1) is 9.01. The summed E-state index contributed by atoms with van der Waals surface area (Å²) in [4.78, 5) is 4.77. The van der Waals surface area contributed by atoms with E-state index in [-0.39, 0.29) is 0 Å². The van der Waals surface area contributed by atoms with Crippen LogP contribution in [0.15, 0.2) is 0 Å². The van der Waals surface area contributed by atoms with Crippen molar-refractivity contribution < 1.29 is 0 Å². The van der Waals surface area contributed by atoms with E-state index < -0.39 is 0 Å². The molecule has 0 amide bonds. The highest BCUT2D eigenvalue weighted by Crippen LogP contribution is 2.15. The minimum atomic E-state index is 0.952. The van der Waals surface area contributed by atoms with Crippen molar-refractivity contribution in [2.75, 3.05) is 33.9 Å². The molecule has 1 heterocycles. The second-order valence-electron chi connectivity index (χ2n) is 4.02. The molecule has 0 aromatic rings. The number of likely N-dealkylation sites (tertiary alicyclic amines) is 1. The minimum Gasteiger partial charge on any atom is -0.297 e. The van der Waals surface area contributed by atoms with E-state index in [4.69, 9.17) is 0 Å². The Labute approximate surface area is 70.2 Å². The van der Waals surface area contributed by atoms with Gasteiger partial charge >= 0.3 is 0 Å². The first-order valence-corrected chi connectivity index (χ1v) is 4.55. The zero-order valence-corrected chi connectivity index (χ0v) is 8.01. The summed E-state index contributed by atoms with van der Waals surface area (Å²) in [6, 6.07) is 0. The molecule has 11 heavy (non-hydrogen) atoms. The van der Waals surface area contributed by atoms with E-state index in [1.54, 1.807) is 0 Å². The van der Waals surface area contributed by atoms with Gasteiger partial charge in [-0.25, -0.2) is 0 Å². The topological polar surface area (TPSA) is 6.48 Å². The lowest BCUT2D eigenvalue weighted by molar-refractivity contribution is 0.130. The molecular formula is C9H20N2. The number of nitrogens with zero attached hydrogens (tertiary/aromatic N) is 2. The molecule has 0 spiro atoms. The molecule has 66 valence electrons. The SMILES string of the molecule is CC1CCN(CN(C)C)CC1. The fourth-order valence-electron chi connectivity index (χ4n) is 1.60. The predicted octanol–water partition coefficient (Wildman–Crippen LogP) is 1.24. The van der Waals surface area contributed by atoms with Crippen LogP contribution < -0.4 is 0 Å². The molecule has 0 radical (unpaired) electrons. The summed E-state index contributed by atoms with van der Waals surface area (Å²) < 4.78 is 0. The van der Waals surface area contributed by atoms with Crippen molar-refractivity contribution in [2.24, 2.45) is 5.92 Å². The van der Waals surface area contributed by atoms with Gasteiger partial charge in [0, 0.05) is 0 Å². The fraction of sp³-hybridized carbons (Fsp3) is 1.00. The van der Waals surface area contributed by atoms with Crippen LogP contribution in [-0.4, -0.2) is 43.7 Å². The largest absolute Gasteiger partial charge is 0.297 e. The molecular weight excluding hydrogens is 136 g/mol. The zero-order valence-electron chi connectivity index (χ0n) is 8.01. The van der Waals surface area contributed by atoms with Crippen molar-refractivity contribution in [2.45, 2.75) is 19.8 Å². The monoisotopic (exact) mass is 156 g/mol. The van der Waals surface area contributed by atoms with Crippen LogP contribution in [0.1, 0.15) is 19.8 Å². The van der Waals surface area contributed by atoms with E-state index >= 15 is 0 Å². The minimum absolute atomic E-state index is 0.952. The van der Waals surface area contributed by atoms with Crippen LogP contribution in [0.2, 0.25) is 0 Å². The molecule has 1 saturated heterocycles. The van der Waals surface area contributed by atoms with Gasteiger partial charge in [0.1, 0.15) is 0 Å². The molecule has 0 aliphatic carbocycles. The third-order valence-corrected chi connectivity index (χ3v) is 2.36. The van der Waals surface area contributed by atoms with Gasteiger partial charge in [0.05, 0.1) is 6.67 Å². The third kappa shape index (κ3) is 3.21. The Morgan fingerprint density at radius 1 is 1.27 bits per heavy atom. The molecule has 0 aromatic carbocycles. The molecule has 2 heteroatoms. The predicted molar refractivity (Wildman–Crippen MR) is 48.5 cm³/mol. The van der Waals surface area contributed by atoms with Crippen molar-refractivity contribution in [3.63, 3.8) is 0 Å². The Morgan fingerprint density at radius 2 is 1.82 bits per heavy atom. The summed E-state index contributed by atoms with van der Waals surface area (Å²) in [5, 5.41) is 0. The smallest absolute Gasteiger partial charge is 0.0500 e. The first-order chi connectivity index (χ1) is 5.18. The quantitative estimate of drug-likeness (QED) is 0.593. The Balaban J connectivity index is 2.17. The number of rotatable bonds is 2. The maximum atomic E-state index is 2.53. The second-order valence-corrected chi connectivity index (χ2v) is 4.02. The van der Waals surface area contributed by atoms with Gasteiger partial charge in [-0.15, -0.1) is 0 Å². The maximum absolute atomic E-state index is 2.53. The van der Waals surface area contributed by atoms with Crippen LogP contribution in [0.3, 0.4) is 0 Å². The third-order valence-electron chi connectivity index (χ3n) is 2.36. The Morgan fingerprint density at radius 3 is 2.27 bits per heavy atom. The van der Waals surface area contributed by atoms with Gasteiger partial charge in [-0.2, -0.15) is 0 Å². The molecule has 1 rings (SSSR count). The van der Waals surface area contributed by atoms with E-state index in [0.717, 1.165) is 12.6 Å². The lowest BCUT2D eigenvalue weighted by Gasteiger charge is -2.32. The Kier molecular flexibility index (Phi) is 3.34. The van der Waals surface area contributed by atoms with Crippen molar-refractivity contribution in [3.8, 4) is 0 Å². The lowest BCUT2D eigenvalue weighted by atomic mass is 10.00. The van der Waals surface area contributed by atoms with Crippen LogP contribution in [-0.2, 0) is 0 Å². The van der Waals surface area contributed by atoms with E-state index in [1.807, 2.05) is 0 Å². The molecule has 0 N–H and O–H groups in total. The van der Waals surface area contributed by atoms with Crippen LogP contribution >= 0.6 is 0 Å². The Hall–Kier alpha value is -0.0800. The van der Waals surface area contributed by atoms with Crippen LogP contribution in [0, 0.1) is 5.92 Å². The highest BCUT2D eigenvalue weighted by atomic mass is 15.3. The van der Waals surface area contributed by atoms with Crippen molar-refractivity contribution >= 4 is 0 Å². The van der Waals surface area contributed by atoms with Gasteiger partial charge in [0.15, 0.2) is 0 Å². The van der Waals surface area contributed by atoms with E-state index in [2.05, 4.69) is 30.8 Å². The van der Waals surface area contributed by atoms with Gasteiger partial charge in [-0.05, 0) is 45.9 Å². The molecule has 1 aliphatic rings. The van der Waals surface area contributed by atoms with Gasteiger partial charge < -0.3 is 0 Å².